The number of nitrogens with one attached hydrogen (secondary N) is 1. The number of methoxy groups -OCH3 is 1. The van der Waals surface area contributed by atoms with Crippen LogP contribution in [0, 0.1) is 0 Å². The van der Waals surface area contributed by atoms with Gasteiger partial charge >= 0.3 is 5.97 Å². The number of ether oxygens (including phenoxy) is 1. The summed E-state index contributed by atoms with van der Waals surface area (Å²) in [6.45, 7) is 2.58. The van der Waals surface area contributed by atoms with Crippen LogP contribution in [-0.2, 0) is 9.53 Å². The van der Waals surface area contributed by atoms with Gasteiger partial charge in [-0.05, 0) is 25.9 Å². The summed E-state index contributed by atoms with van der Waals surface area (Å²) in [5.41, 5.74) is 5.46. The monoisotopic (exact) mass is 286 g/mol. The highest BCUT2D eigenvalue weighted by Crippen LogP contribution is 2.10. The average molecular weight is 286 g/mol. The molecule has 0 aromatic rings. The first-order chi connectivity index (χ1) is 9.81. The van der Waals surface area contributed by atoms with Crippen LogP contribution < -0.4 is 11.1 Å². The Morgan fingerprint density at radius 3 is 1.85 bits per heavy atom. The molecule has 0 atom stereocenters. The van der Waals surface area contributed by atoms with E-state index in [-0.39, 0.29) is 5.97 Å². The van der Waals surface area contributed by atoms with E-state index < -0.39 is 0 Å². The van der Waals surface area contributed by atoms with Crippen molar-refractivity contribution in [2.45, 2.75) is 70.6 Å². The fourth-order valence-corrected chi connectivity index (χ4v) is 2.23. The summed E-state index contributed by atoms with van der Waals surface area (Å²) in [5, 5.41) is 3.27. The van der Waals surface area contributed by atoms with Crippen LogP contribution >= 0.6 is 0 Å². The minimum Gasteiger partial charge on any atom is -0.469 e. The van der Waals surface area contributed by atoms with Gasteiger partial charge in [0.05, 0.1) is 13.5 Å². The molecule has 0 heterocycles. The molecule has 0 aromatic heterocycles. The third-order valence-electron chi connectivity index (χ3n) is 3.54. The molecule has 0 spiro atoms. The largest absolute Gasteiger partial charge is 0.469 e. The van der Waals surface area contributed by atoms with Crippen molar-refractivity contribution in [2.24, 2.45) is 5.73 Å². The molecule has 0 aliphatic heterocycles. The van der Waals surface area contributed by atoms with E-state index in [2.05, 4.69) is 10.1 Å². The van der Waals surface area contributed by atoms with Gasteiger partial charge < -0.3 is 15.8 Å². The molecule has 3 N–H and O–H groups in total. The van der Waals surface area contributed by atoms with E-state index in [1.165, 1.54) is 71.3 Å². The van der Waals surface area contributed by atoms with Crippen LogP contribution in [0.15, 0.2) is 0 Å². The van der Waals surface area contributed by atoms with Crippen molar-refractivity contribution in [1.29, 1.82) is 0 Å². The number of rotatable bonds is 15. The molecule has 0 radical (unpaired) electrons. The smallest absolute Gasteiger partial charge is 0.306 e. The fourth-order valence-electron chi connectivity index (χ4n) is 2.23. The highest BCUT2D eigenvalue weighted by atomic mass is 16.5. The van der Waals surface area contributed by atoms with Crippen LogP contribution in [-0.4, -0.2) is 32.7 Å². The lowest BCUT2D eigenvalue weighted by atomic mass is 10.1. The van der Waals surface area contributed by atoms with Crippen LogP contribution in [0.5, 0.6) is 0 Å². The zero-order valence-electron chi connectivity index (χ0n) is 13.3. The molecule has 0 aromatic carbocycles. The Morgan fingerprint density at radius 2 is 1.35 bits per heavy atom. The minimum absolute atomic E-state index is 0.135. The van der Waals surface area contributed by atoms with Crippen molar-refractivity contribution in [3.05, 3.63) is 0 Å². The summed E-state index contributed by atoms with van der Waals surface area (Å²) in [4.78, 5) is 10.9. The molecule has 0 aliphatic rings. The molecule has 4 nitrogen and oxygen atoms in total. The Labute approximate surface area is 124 Å². The van der Waals surface area contributed by atoms with Crippen LogP contribution in [0.4, 0.5) is 0 Å². The first-order valence-corrected chi connectivity index (χ1v) is 8.29. The third-order valence-corrected chi connectivity index (χ3v) is 3.54. The average Bonchev–Trinajstić information content (AvgIpc) is 2.47. The lowest BCUT2D eigenvalue weighted by molar-refractivity contribution is -0.140. The van der Waals surface area contributed by atoms with E-state index >= 15 is 0 Å². The van der Waals surface area contributed by atoms with Gasteiger partial charge in [0.15, 0.2) is 0 Å². The molecular formula is C16H34N2O2. The van der Waals surface area contributed by atoms with Gasteiger partial charge in [-0.25, -0.2) is 0 Å². The number of carbonyl (C=O) groups is 1. The van der Waals surface area contributed by atoms with Crippen molar-refractivity contribution < 1.29 is 9.53 Å². The van der Waals surface area contributed by atoms with Gasteiger partial charge in [0.25, 0.3) is 0 Å². The molecule has 20 heavy (non-hydrogen) atoms. The fraction of sp³-hybridized carbons (Fsp3) is 0.938. The molecule has 0 amide bonds. The standard InChI is InChI=1S/C16H34N2O2/c1-20-16(19)12-15-18-14-11-9-7-5-3-2-4-6-8-10-13-17/h18H,2-15,17H2,1H3. The molecule has 0 rings (SSSR count). The second-order valence-electron chi connectivity index (χ2n) is 5.40. The molecule has 0 fully saturated rings. The van der Waals surface area contributed by atoms with Gasteiger partial charge in [-0.2, -0.15) is 0 Å². The van der Waals surface area contributed by atoms with Crippen LogP contribution in [0.3, 0.4) is 0 Å². The van der Waals surface area contributed by atoms with Crippen molar-refractivity contribution in [3.8, 4) is 0 Å². The maximum Gasteiger partial charge on any atom is 0.306 e. The molecule has 0 unspecified atom stereocenters. The summed E-state index contributed by atoms with van der Waals surface area (Å²) in [6.07, 6.45) is 13.6. The van der Waals surface area contributed by atoms with Crippen LogP contribution in [0.2, 0.25) is 0 Å². The van der Waals surface area contributed by atoms with E-state index in [4.69, 9.17) is 5.73 Å². The molecule has 0 saturated carbocycles. The van der Waals surface area contributed by atoms with E-state index in [0.717, 1.165) is 19.6 Å². The van der Waals surface area contributed by atoms with E-state index in [0.29, 0.717) is 6.42 Å². The number of unbranched alkanes of at least 4 members (excludes halogenated alkanes) is 9. The van der Waals surface area contributed by atoms with Gasteiger partial charge in [0.2, 0.25) is 0 Å². The molecule has 0 bridgehead atoms. The number of carbonyl (C=O) groups excluding carboxylic acids is 1. The van der Waals surface area contributed by atoms with Crippen molar-refractivity contribution in [3.63, 3.8) is 0 Å². The van der Waals surface area contributed by atoms with Crippen molar-refractivity contribution >= 4 is 5.97 Å². The quantitative estimate of drug-likeness (QED) is 0.359. The number of hydrogen-bond acceptors (Lipinski definition) is 4. The Balaban J connectivity index is 2.97. The zero-order valence-corrected chi connectivity index (χ0v) is 13.3. The summed E-state index contributed by atoms with van der Waals surface area (Å²) < 4.78 is 4.58. The first kappa shape index (κ1) is 19.4. The molecule has 0 saturated heterocycles. The normalized spacial score (nSPS) is 10.7. The minimum atomic E-state index is -0.135. The molecule has 0 aliphatic carbocycles. The summed E-state index contributed by atoms with van der Waals surface area (Å²) in [6, 6.07) is 0. The second-order valence-corrected chi connectivity index (χ2v) is 5.40. The third kappa shape index (κ3) is 15.4. The summed E-state index contributed by atoms with van der Waals surface area (Å²) in [7, 11) is 1.43. The Hall–Kier alpha value is -0.610. The second kappa shape index (κ2) is 16.4. The Bertz CT molecular complexity index is 211. The highest BCUT2D eigenvalue weighted by Gasteiger charge is 1.98. The van der Waals surface area contributed by atoms with Gasteiger partial charge in [0.1, 0.15) is 0 Å². The maximum absolute atomic E-state index is 10.9. The number of esters is 1. The molecular weight excluding hydrogens is 252 g/mol. The van der Waals surface area contributed by atoms with E-state index in [9.17, 15) is 4.79 Å². The lowest BCUT2D eigenvalue weighted by Crippen LogP contribution is -2.19. The predicted molar refractivity (Wildman–Crippen MR) is 84.7 cm³/mol. The number of nitrogens with two attached hydrogens (primary N) is 1. The summed E-state index contributed by atoms with van der Waals surface area (Å²) in [5.74, 6) is -0.135. The maximum atomic E-state index is 10.9. The van der Waals surface area contributed by atoms with Crippen LogP contribution in [0.1, 0.15) is 70.6 Å². The van der Waals surface area contributed by atoms with E-state index in [1.807, 2.05) is 0 Å². The van der Waals surface area contributed by atoms with Crippen molar-refractivity contribution in [2.75, 3.05) is 26.7 Å². The Morgan fingerprint density at radius 1 is 0.850 bits per heavy atom. The van der Waals surface area contributed by atoms with Crippen LogP contribution in [0.25, 0.3) is 0 Å². The molecule has 120 valence electrons. The van der Waals surface area contributed by atoms with E-state index in [1.54, 1.807) is 0 Å². The lowest BCUT2D eigenvalue weighted by Gasteiger charge is -2.04. The number of hydrogen-bond donors (Lipinski definition) is 2. The van der Waals surface area contributed by atoms with Crippen molar-refractivity contribution in [1.82, 2.24) is 5.32 Å². The molecule has 4 heteroatoms. The first-order valence-electron chi connectivity index (χ1n) is 8.29. The van der Waals surface area contributed by atoms with Gasteiger partial charge in [-0.15, -0.1) is 0 Å². The highest BCUT2D eigenvalue weighted by molar-refractivity contribution is 5.69. The summed E-state index contributed by atoms with van der Waals surface area (Å²) >= 11 is 0. The SMILES string of the molecule is COC(=O)CCNCCCCCCCCCCCCN. The van der Waals surface area contributed by atoms with Gasteiger partial charge in [0, 0.05) is 6.54 Å². The Kier molecular flexibility index (Phi) is 15.9. The predicted octanol–water partition coefficient (Wildman–Crippen LogP) is 3.00. The van der Waals surface area contributed by atoms with Gasteiger partial charge in [-0.1, -0.05) is 51.4 Å². The van der Waals surface area contributed by atoms with Gasteiger partial charge in [-0.3, -0.25) is 4.79 Å². The topological polar surface area (TPSA) is 64.3 Å². The zero-order chi connectivity index (χ0) is 14.9.